The average molecular weight is 582 g/mol. The molecular weight excluding hydrogens is 559 g/mol. The van der Waals surface area contributed by atoms with E-state index in [0.29, 0.717) is 24.2 Å². The lowest BCUT2D eigenvalue weighted by Gasteiger charge is -2.15. The van der Waals surface area contributed by atoms with Gasteiger partial charge in [-0.2, -0.15) is 0 Å². The zero-order valence-electron chi connectivity index (χ0n) is 18.7. The van der Waals surface area contributed by atoms with Crippen molar-refractivity contribution < 1.29 is 24.2 Å². The van der Waals surface area contributed by atoms with Crippen LogP contribution in [0, 0.1) is 15.4 Å². The number of hydrogen-bond donors (Lipinski definition) is 3. The summed E-state index contributed by atoms with van der Waals surface area (Å²) in [5, 5.41) is 14.5. The summed E-state index contributed by atoms with van der Waals surface area (Å²) >= 11 is 2.08. The molecule has 3 N–H and O–H groups in total. The maximum Gasteiger partial charge on any atom is 0.411 e. The third-order valence-electron chi connectivity index (χ3n) is 6.51. The Labute approximate surface area is 216 Å². The molecule has 2 aliphatic rings. The van der Waals surface area contributed by atoms with Crippen LogP contribution in [-0.4, -0.2) is 36.2 Å². The molecule has 0 unspecified atom stereocenters. The van der Waals surface area contributed by atoms with Gasteiger partial charge in [0.1, 0.15) is 6.61 Å². The lowest BCUT2D eigenvalue weighted by atomic mass is 9.98. The number of carbonyl (C=O) groups is 3. The molecule has 2 atom stereocenters. The molecule has 0 radical (unpaired) electrons. The predicted molar refractivity (Wildman–Crippen MR) is 139 cm³/mol. The highest BCUT2D eigenvalue weighted by molar-refractivity contribution is 14.1. The summed E-state index contributed by atoms with van der Waals surface area (Å²) in [6.45, 7) is 0.514. The fourth-order valence-corrected chi connectivity index (χ4v) is 5.32. The van der Waals surface area contributed by atoms with Crippen molar-refractivity contribution in [3.05, 3.63) is 87.0 Å². The number of carboxylic acid groups (broad SMARTS) is 1. The number of ether oxygens (including phenoxy) is 1. The highest BCUT2D eigenvalue weighted by atomic mass is 127. The molecule has 35 heavy (non-hydrogen) atoms. The molecule has 5 rings (SSSR count). The van der Waals surface area contributed by atoms with Crippen molar-refractivity contribution >= 4 is 46.2 Å². The van der Waals surface area contributed by atoms with Crippen LogP contribution in [0.4, 0.5) is 10.5 Å². The Kier molecular flexibility index (Phi) is 6.46. The zero-order valence-corrected chi connectivity index (χ0v) is 20.8. The highest BCUT2D eigenvalue weighted by Crippen LogP contribution is 2.44. The molecule has 2 aliphatic carbocycles. The molecule has 3 aromatic carbocycles. The molecule has 8 heteroatoms. The van der Waals surface area contributed by atoms with Crippen LogP contribution >= 0.6 is 22.6 Å². The number of carboxylic acids is 1. The quantitative estimate of drug-likeness (QED) is 0.337. The molecule has 0 aromatic heterocycles. The van der Waals surface area contributed by atoms with Crippen LogP contribution in [0.3, 0.4) is 0 Å². The van der Waals surface area contributed by atoms with Gasteiger partial charge in [0.15, 0.2) is 0 Å². The first-order chi connectivity index (χ1) is 16.9. The number of benzene rings is 3. The minimum atomic E-state index is -0.826. The van der Waals surface area contributed by atoms with Crippen LogP contribution in [0.1, 0.15) is 33.8 Å². The zero-order chi connectivity index (χ0) is 24.5. The fraction of sp³-hybridized carbons (Fsp3) is 0.222. The largest absolute Gasteiger partial charge is 0.481 e. The maximum atomic E-state index is 12.6. The van der Waals surface area contributed by atoms with Gasteiger partial charge in [0.25, 0.3) is 5.91 Å². The van der Waals surface area contributed by atoms with E-state index in [1.54, 1.807) is 18.2 Å². The Bertz CT molecular complexity index is 1280. The van der Waals surface area contributed by atoms with Gasteiger partial charge in [-0.1, -0.05) is 48.5 Å². The summed E-state index contributed by atoms with van der Waals surface area (Å²) in [7, 11) is 0. The Morgan fingerprint density at radius 1 is 0.971 bits per heavy atom. The lowest BCUT2D eigenvalue weighted by molar-refractivity contribution is -0.138. The van der Waals surface area contributed by atoms with Gasteiger partial charge in [-0.25, -0.2) is 4.79 Å². The number of nitrogens with one attached hydrogen (secondary N) is 2. The molecule has 0 saturated heterocycles. The second-order valence-corrected chi connectivity index (χ2v) is 10.1. The molecule has 0 heterocycles. The van der Waals surface area contributed by atoms with Crippen molar-refractivity contribution in [2.75, 3.05) is 18.5 Å². The van der Waals surface area contributed by atoms with Crippen molar-refractivity contribution in [2.24, 2.45) is 11.8 Å². The topological polar surface area (TPSA) is 105 Å². The van der Waals surface area contributed by atoms with Crippen LogP contribution in [0.25, 0.3) is 11.1 Å². The van der Waals surface area contributed by atoms with E-state index in [1.165, 1.54) is 0 Å². The molecule has 3 aromatic rings. The number of hydrogen-bond acceptors (Lipinski definition) is 4. The van der Waals surface area contributed by atoms with E-state index in [2.05, 4.69) is 57.5 Å². The summed E-state index contributed by atoms with van der Waals surface area (Å²) in [5.74, 6) is -1.58. The second-order valence-electron chi connectivity index (χ2n) is 8.83. The van der Waals surface area contributed by atoms with Crippen LogP contribution in [-0.2, 0) is 9.53 Å². The van der Waals surface area contributed by atoms with Crippen molar-refractivity contribution in [1.82, 2.24) is 5.32 Å². The molecule has 0 bridgehead atoms. The number of fused-ring (bicyclic) bond motifs is 3. The van der Waals surface area contributed by atoms with Gasteiger partial charge >= 0.3 is 12.1 Å². The summed E-state index contributed by atoms with van der Waals surface area (Å²) < 4.78 is 6.37. The minimum Gasteiger partial charge on any atom is -0.481 e. The number of rotatable bonds is 7. The summed E-state index contributed by atoms with van der Waals surface area (Å²) in [5.41, 5.74) is 5.43. The maximum absolute atomic E-state index is 12.6. The first-order valence-electron chi connectivity index (χ1n) is 11.3. The first kappa shape index (κ1) is 23.3. The normalized spacial score (nSPS) is 17.7. The standard InChI is InChI=1S/C27H23IN2O5/c28-17-9-15(25(31)29-13-16-11-23(16)26(32)33)10-18(12-17)30-27(34)35-14-24-21-7-3-1-5-19(21)20-6-2-4-8-22(20)24/h1-10,12,16,23-24H,11,13-14H2,(H,29,31)(H,30,34)(H,32,33)/t16-,23-/m0/s1. The van der Waals surface area contributed by atoms with Gasteiger partial charge in [0, 0.05) is 27.3 Å². The summed E-state index contributed by atoms with van der Waals surface area (Å²) in [6.07, 6.45) is -0.0150. The monoisotopic (exact) mass is 582 g/mol. The van der Waals surface area contributed by atoms with E-state index in [-0.39, 0.29) is 30.3 Å². The Morgan fingerprint density at radius 3 is 2.26 bits per heavy atom. The van der Waals surface area contributed by atoms with E-state index in [4.69, 9.17) is 9.84 Å². The lowest BCUT2D eigenvalue weighted by Crippen LogP contribution is -2.26. The molecule has 0 spiro atoms. The van der Waals surface area contributed by atoms with Gasteiger partial charge in [0.2, 0.25) is 0 Å². The van der Waals surface area contributed by atoms with Crippen LogP contribution in [0.5, 0.6) is 0 Å². The van der Waals surface area contributed by atoms with Crippen LogP contribution in [0.15, 0.2) is 66.7 Å². The second kappa shape index (κ2) is 9.69. The van der Waals surface area contributed by atoms with E-state index in [9.17, 15) is 14.4 Å². The Balaban J connectivity index is 1.21. The van der Waals surface area contributed by atoms with Crippen LogP contribution < -0.4 is 10.6 Å². The smallest absolute Gasteiger partial charge is 0.411 e. The molecule has 2 amide bonds. The van der Waals surface area contributed by atoms with E-state index >= 15 is 0 Å². The van der Waals surface area contributed by atoms with Crippen molar-refractivity contribution in [3.63, 3.8) is 0 Å². The van der Waals surface area contributed by atoms with Crippen LogP contribution in [0.2, 0.25) is 0 Å². The highest BCUT2D eigenvalue weighted by Gasteiger charge is 2.43. The molecule has 178 valence electrons. The van der Waals surface area contributed by atoms with Gasteiger partial charge in [0.05, 0.1) is 5.92 Å². The Hall–Kier alpha value is -3.40. The van der Waals surface area contributed by atoms with E-state index < -0.39 is 12.1 Å². The SMILES string of the molecule is O=C(Nc1cc(I)cc(C(=O)NC[C@@H]2C[C@@H]2C(=O)O)c1)OCC1c2ccccc2-c2ccccc21. The number of anilines is 1. The number of aliphatic carboxylic acids is 1. The number of amides is 2. The number of halogens is 1. The van der Waals surface area contributed by atoms with Crippen molar-refractivity contribution in [2.45, 2.75) is 12.3 Å². The molecule has 0 aliphatic heterocycles. The molecular formula is C27H23IN2O5. The minimum absolute atomic E-state index is 0.0299. The third kappa shape index (κ3) is 5.02. The fourth-order valence-electron chi connectivity index (χ4n) is 4.65. The first-order valence-corrected chi connectivity index (χ1v) is 12.4. The average Bonchev–Trinajstić information content (AvgIpc) is 3.56. The summed E-state index contributed by atoms with van der Waals surface area (Å²) in [6, 6.07) is 21.3. The molecule has 7 nitrogen and oxygen atoms in total. The van der Waals surface area contributed by atoms with Gasteiger partial charge in [-0.05, 0) is 75.4 Å². The predicted octanol–water partition coefficient (Wildman–Crippen LogP) is 5.10. The van der Waals surface area contributed by atoms with Gasteiger partial charge in [-0.15, -0.1) is 0 Å². The number of carbonyl (C=O) groups excluding carboxylic acids is 2. The van der Waals surface area contributed by atoms with E-state index in [0.717, 1.165) is 25.8 Å². The molecule has 1 fully saturated rings. The molecule has 1 saturated carbocycles. The van der Waals surface area contributed by atoms with Crippen molar-refractivity contribution in [3.8, 4) is 11.1 Å². The van der Waals surface area contributed by atoms with Crippen molar-refractivity contribution in [1.29, 1.82) is 0 Å². The van der Waals surface area contributed by atoms with E-state index in [1.807, 2.05) is 24.3 Å². The van der Waals surface area contributed by atoms with Gasteiger partial charge < -0.3 is 15.2 Å². The third-order valence-corrected chi connectivity index (χ3v) is 7.14. The summed E-state index contributed by atoms with van der Waals surface area (Å²) in [4.78, 5) is 36.2. The van der Waals surface area contributed by atoms with Gasteiger partial charge in [-0.3, -0.25) is 14.9 Å². The Morgan fingerprint density at radius 2 is 1.63 bits per heavy atom.